The van der Waals surface area contributed by atoms with Crippen molar-refractivity contribution in [3.8, 4) is 0 Å². The van der Waals surface area contributed by atoms with Crippen molar-refractivity contribution in [2.75, 3.05) is 13.7 Å². The van der Waals surface area contributed by atoms with E-state index in [-0.39, 0.29) is 28.6 Å². The Hall–Kier alpha value is -1.00. The lowest BCUT2D eigenvalue weighted by Gasteiger charge is -2.06. The number of halogens is 1. The second kappa shape index (κ2) is 6.25. The van der Waals surface area contributed by atoms with Crippen LogP contribution in [0.25, 0.3) is 0 Å². The van der Waals surface area contributed by atoms with Gasteiger partial charge in [-0.25, -0.2) is 17.8 Å². The van der Waals surface area contributed by atoms with Crippen LogP contribution in [0.1, 0.15) is 12.8 Å². The molecule has 0 saturated carbocycles. The summed E-state index contributed by atoms with van der Waals surface area (Å²) in [4.78, 5) is 10.8. The molecule has 0 atom stereocenters. The quantitative estimate of drug-likeness (QED) is 0.568. The fraction of sp³-hybridized carbons (Fsp3) is 0.625. The minimum atomic E-state index is -3.69. The zero-order valence-electron chi connectivity index (χ0n) is 9.88. The molecule has 0 radical (unpaired) electrons. The third-order valence-electron chi connectivity index (χ3n) is 2.07. The SMILES string of the molecule is COC(=O)CCCNS(=O)(=O)c1c(Br)nnn1C. The molecule has 0 unspecified atom stereocenters. The molecule has 1 N–H and O–H groups in total. The van der Waals surface area contributed by atoms with E-state index in [1.165, 1.54) is 14.2 Å². The van der Waals surface area contributed by atoms with Crippen LogP contribution in [0.4, 0.5) is 0 Å². The fourth-order valence-electron chi connectivity index (χ4n) is 1.22. The number of hydrogen-bond donors (Lipinski definition) is 1. The first kappa shape index (κ1) is 15.1. The van der Waals surface area contributed by atoms with Crippen LogP contribution in [0.5, 0.6) is 0 Å². The summed E-state index contributed by atoms with van der Waals surface area (Å²) in [5.74, 6) is -0.377. The highest BCUT2D eigenvalue weighted by Crippen LogP contribution is 2.17. The molecule has 1 aromatic heterocycles. The summed E-state index contributed by atoms with van der Waals surface area (Å²) in [7, 11) is -0.938. The van der Waals surface area contributed by atoms with E-state index in [2.05, 4.69) is 35.7 Å². The molecule has 8 nitrogen and oxygen atoms in total. The number of carbonyl (C=O) groups is 1. The molecular weight excluding hydrogens is 328 g/mol. The van der Waals surface area contributed by atoms with Gasteiger partial charge in [-0.3, -0.25) is 4.79 Å². The largest absolute Gasteiger partial charge is 0.469 e. The molecule has 0 amide bonds. The number of carbonyl (C=O) groups excluding carboxylic acids is 1. The smallest absolute Gasteiger partial charge is 0.305 e. The van der Waals surface area contributed by atoms with E-state index in [0.717, 1.165) is 4.68 Å². The Bertz CT molecular complexity index is 508. The Kier molecular flexibility index (Phi) is 5.23. The van der Waals surface area contributed by atoms with Crippen molar-refractivity contribution in [2.24, 2.45) is 7.05 Å². The number of aromatic nitrogens is 3. The number of ether oxygens (including phenoxy) is 1. The van der Waals surface area contributed by atoms with Crippen LogP contribution >= 0.6 is 15.9 Å². The van der Waals surface area contributed by atoms with Crippen molar-refractivity contribution in [3.05, 3.63) is 4.60 Å². The minimum absolute atomic E-state index is 0.0550. The van der Waals surface area contributed by atoms with Crippen molar-refractivity contribution in [1.29, 1.82) is 0 Å². The van der Waals surface area contributed by atoms with Gasteiger partial charge in [0.05, 0.1) is 7.11 Å². The lowest BCUT2D eigenvalue weighted by molar-refractivity contribution is -0.140. The number of aryl methyl sites for hydroxylation is 1. The molecule has 0 fully saturated rings. The molecule has 0 bridgehead atoms. The van der Waals surface area contributed by atoms with Crippen LogP contribution in [0.2, 0.25) is 0 Å². The highest BCUT2D eigenvalue weighted by molar-refractivity contribution is 9.10. The molecule has 0 aromatic carbocycles. The predicted molar refractivity (Wildman–Crippen MR) is 65.1 cm³/mol. The van der Waals surface area contributed by atoms with Crippen molar-refractivity contribution in [1.82, 2.24) is 19.7 Å². The third-order valence-corrected chi connectivity index (χ3v) is 4.42. The van der Waals surface area contributed by atoms with E-state index in [1.54, 1.807) is 0 Å². The maximum atomic E-state index is 11.9. The number of sulfonamides is 1. The first-order valence-corrected chi connectivity index (χ1v) is 7.27. The number of nitrogens with zero attached hydrogens (tertiary/aromatic N) is 3. The van der Waals surface area contributed by atoms with Gasteiger partial charge in [-0.05, 0) is 22.4 Å². The summed E-state index contributed by atoms with van der Waals surface area (Å²) in [5.41, 5.74) is 0. The molecule has 1 heterocycles. The second-order valence-electron chi connectivity index (χ2n) is 3.39. The zero-order valence-corrected chi connectivity index (χ0v) is 12.3. The van der Waals surface area contributed by atoms with Gasteiger partial charge in [0.15, 0.2) is 4.60 Å². The van der Waals surface area contributed by atoms with Crippen molar-refractivity contribution in [2.45, 2.75) is 17.9 Å². The van der Waals surface area contributed by atoms with Crippen molar-refractivity contribution >= 4 is 31.9 Å². The van der Waals surface area contributed by atoms with Crippen LogP contribution in [0, 0.1) is 0 Å². The van der Waals surface area contributed by atoms with E-state index < -0.39 is 10.0 Å². The van der Waals surface area contributed by atoms with Gasteiger partial charge in [0.2, 0.25) is 5.03 Å². The van der Waals surface area contributed by atoms with Gasteiger partial charge in [0.25, 0.3) is 10.0 Å². The summed E-state index contributed by atoms with van der Waals surface area (Å²) in [6.07, 6.45) is 0.513. The lowest BCUT2D eigenvalue weighted by Crippen LogP contribution is -2.27. The van der Waals surface area contributed by atoms with Gasteiger partial charge in [0, 0.05) is 20.0 Å². The summed E-state index contributed by atoms with van der Waals surface area (Å²) in [5, 5.41) is 7.11. The second-order valence-corrected chi connectivity index (χ2v) is 5.82. The van der Waals surface area contributed by atoms with Gasteiger partial charge >= 0.3 is 5.97 Å². The fourth-order valence-corrected chi connectivity index (χ4v) is 3.38. The number of rotatable bonds is 6. The molecule has 1 rings (SSSR count). The van der Waals surface area contributed by atoms with Crippen LogP contribution in [-0.2, 0) is 26.6 Å². The Morgan fingerprint density at radius 2 is 2.22 bits per heavy atom. The maximum Gasteiger partial charge on any atom is 0.305 e. The van der Waals surface area contributed by atoms with Crippen molar-refractivity contribution < 1.29 is 17.9 Å². The molecule has 1 aromatic rings. The minimum Gasteiger partial charge on any atom is -0.469 e. The summed E-state index contributed by atoms with van der Waals surface area (Å²) < 4.78 is 31.9. The molecule has 0 aliphatic heterocycles. The topological polar surface area (TPSA) is 103 Å². The predicted octanol–water partition coefficient (Wildman–Crippen LogP) is -0.191. The van der Waals surface area contributed by atoms with E-state index in [0.29, 0.717) is 6.42 Å². The standard InChI is InChI=1S/C8H13BrN4O4S/c1-13-8(7(9)11-12-13)18(15,16)10-5-3-4-6(14)17-2/h10H,3-5H2,1-2H3. The highest BCUT2D eigenvalue weighted by Gasteiger charge is 2.23. The number of hydrogen-bond acceptors (Lipinski definition) is 6. The Balaban J connectivity index is 2.59. The molecule has 0 aliphatic rings. The number of methoxy groups -OCH3 is 1. The number of esters is 1. The Labute approximate surface area is 113 Å². The van der Waals surface area contributed by atoms with E-state index in [4.69, 9.17) is 0 Å². The summed E-state index contributed by atoms with van der Waals surface area (Å²) in [6.45, 7) is 0.134. The van der Waals surface area contributed by atoms with Crippen LogP contribution in [0.15, 0.2) is 9.63 Å². The summed E-state index contributed by atoms with van der Waals surface area (Å²) in [6, 6.07) is 0. The average Bonchev–Trinajstić information content (AvgIpc) is 2.64. The molecule has 0 saturated heterocycles. The molecular formula is C8H13BrN4O4S. The van der Waals surface area contributed by atoms with Gasteiger partial charge in [0.1, 0.15) is 0 Å². The Morgan fingerprint density at radius 3 is 2.72 bits per heavy atom. The van der Waals surface area contributed by atoms with Gasteiger partial charge < -0.3 is 4.74 Å². The van der Waals surface area contributed by atoms with Crippen molar-refractivity contribution in [3.63, 3.8) is 0 Å². The first-order valence-electron chi connectivity index (χ1n) is 5.00. The molecule has 0 spiro atoms. The van der Waals surface area contributed by atoms with E-state index in [9.17, 15) is 13.2 Å². The monoisotopic (exact) mass is 340 g/mol. The van der Waals surface area contributed by atoms with E-state index in [1.807, 2.05) is 0 Å². The van der Waals surface area contributed by atoms with Gasteiger partial charge in [-0.15, -0.1) is 5.10 Å². The zero-order chi connectivity index (χ0) is 13.8. The van der Waals surface area contributed by atoms with Crippen LogP contribution < -0.4 is 4.72 Å². The molecule has 102 valence electrons. The first-order chi connectivity index (χ1) is 8.38. The third kappa shape index (κ3) is 3.75. The number of nitrogens with one attached hydrogen (secondary N) is 1. The van der Waals surface area contributed by atoms with E-state index >= 15 is 0 Å². The van der Waals surface area contributed by atoms with Crippen LogP contribution in [-0.4, -0.2) is 43.0 Å². The van der Waals surface area contributed by atoms with Gasteiger partial charge in [-0.1, -0.05) is 5.21 Å². The lowest BCUT2D eigenvalue weighted by atomic mass is 10.3. The Morgan fingerprint density at radius 1 is 1.56 bits per heavy atom. The highest BCUT2D eigenvalue weighted by atomic mass is 79.9. The normalized spacial score (nSPS) is 11.5. The van der Waals surface area contributed by atoms with Crippen LogP contribution in [0.3, 0.4) is 0 Å². The summed E-state index contributed by atoms with van der Waals surface area (Å²) >= 11 is 3.01. The molecule has 10 heteroatoms. The molecule has 18 heavy (non-hydrogen) atoms. The average molecular weight is 341 g/mol. The van der Waals surface area contributed by atoms with Gasteiger partial charge in [-0.2, -0.15) is 0 Å². The maximum absolute atomic E-state index is 11.9. The molecule has 0 aliphatic carbocycles.